The van der Waals surface area contributed by atoms with Crippen molar-refractivity contribution in [2.75, 3.05) is 25.0 Å². The van der Waals surface area contributed by atoms with Crippen LogP contribution in [0.5, 0.6) is 0 Å². The van der Waals surface area contributed by atoms with Crippen LogP contribution in [-0.2, 0) is 14.4 Å². The highest BCUT2D eigenvalue weighted by Crippen LogP contribution is 2.31. The third-order valence-electron chi connectivity index (χ3n) is 5.64. The Labute approximate surface area is 160 Å². The number of benzene rings is 1. The molecule has 6 heteroatoms. The number of aryl methyl sites for hydroxylation is 1. The van der Waals surface area contributed by atoms with Crippen molar-refractivity contribution >= 4 is 23.4 Å². The van der Waals surface area contributed by atoms with Gasteiger partial charge in [0.1, 0.15) is 0 Å². The zero-order valence-electron chi connectivity index (χ0n) is 16.0. The van der Waals surface area contributed by atoms with Crippen molar-refractivity contribution in [2.24, 2.45) is 5.92 Å². The molecule has 0 aliphatic carbocycles. The van der Waals surface area contributed by atoms with Crippen LogP contribution in [0, 0.1) is 12.8 Å². The number of nitrogens with one attached hydrogen (secondary N) is 2. The van der Waals surface area contributed by atoms with Gasteiger partial charge in [-0.3, -0.25) is 19.7 Å². The van der Waals surface area contributed by atoms with Crippen LogP contribution in [0.1, 0.15) is 42.7 Å². The van der Waals surface area contributed by atoms with Crippen LogP contribution in [0.2, 0.25) is 0 Å². The van der Waals surface area contributed by atoms with Crippen LogP contribution in [0.15, 0.2) is 30.4 Å². The van der Waals surface area contributed by atoms with E-state index >= 15 is 0 Å². The molecule has 27 heavy (non-hydrogen) atoms. The summed E-state index contributed by atoms with van der Waals surface area (Å²) in [6, 6.07) is 6.27. The van der Waals surface area contributed by atoms with Crippen molar-refractivity contribution in [1.29, 1.82) is 0 Å². The lowest BCUT2D eigenvalue weighted by molar-refractivity contribution is -0.136. The topological polar surface area (TPSA) is 78.5 Å². The van der Waals surface area contributed by atoms with E-state index in [1.807, 2.05) is 13.0 Å². The van der Waals surface area contributed by atoms with Crippen LogP contribution in [0.3, 0.4) is 0 Å². The molecule has 0 bridgehead atoms. The molecule has 2 aliphatic heterocycles. The number of hydrogen-bond acceptors (Lipinski definition) is 4. The summed E-state index contributed by atoms with van der Waals surface area (Å²) in [5.41, 5.74) is 3.31. The molecular formula is C21H27N3O3. The molecule has 2 aliphatic rings. The smallest absolute Gasteiger partial charge is 0.254 e. The number of piperidine rings is 2. The van der Waals surface area contributed by atoms with E-state index in [2.05, 4.69) is 29.3 Å². The zero-order chi connectivity index (χ0) is 19.6. The second-order valence-corrected chi connectivity index (χ2v) is 7.46. The summed E-state index contributed by atoms with van der Waals surface area (Å²) in [5, 5.41) is 5.66. The molecule has 1 unspecified atom stereocenters. The number of nitrogens with zero attached hydrogens (tertiary/aromatic N) is 1. The third kappa shape index (κ3) is 4.11. The second-order valence-electron chi connectivity index (χ2n) is 7.46. The van der Waals surface area contributed by atoms with Gasteiger partial charge in [-0.2, -0.15) is 0 Å². The lowest BCUT2D eigenvalue weighted by Crippen LogP contribution is -2.44. The minimum atomic E-state index is -0.648. The number of anilines is 1. The van der Waals surface area contributed by atoms with Gasteiger partial charge in [-0.1, -0.05) is 18.7 Å². The fourth-order valence-electron chi connectivity index (χ4n) is 3.90. The highest BCUT2D eigenvalue weighted by molar-refractivity contribution is 6.11. The molecule has 2 N–H and O–H groups in total. The average Bonchev–Trinajstić information content (AvgIpc) is 2.67. The van der Waals surface area contributed by atoms with Crippen molar-refractivity contribution in [3.63, 3.8) is 0 Å². The maximum absolute atomic E-state index is 13.0. The summed E-state index contributed by atoms with van der Waals surface area (Å²) in [6.07, 6.45) is 2.74. The molecule has 1 atom stereocenters. The third-order valence-corrected chi connectivity index (χ3v) is 5.64. The number of hydrogen-bond donors (Lipinski definition) is 2. The van der Waals surface area contributed by atoms with Crippen LogP contribution in [0.25, 0.3) is 0 Å². The average molecular weight is 369 g/mol. The Morgan fingerprint density at radius 1 is 1.19 bits per heavy atom. The minimum Gasteiger partial charge on any atom is -0.317 e. The summed E-state index contributed by atoms with van der Waals surface area (Å²) < 4.78 is 0. The Bertz CT molecular complexity index is 781. The van der Waals surface area contributed by atoms with E-state index in [0.717, 1.165) is 37.2 Å². The van der Waals surface area contributed by atoms with Crippen LogP contribution >= 0.6 is 0 Å². The molecule has 1 aromatic carbocycles. The minimum absolute atomic E-state index is 0.231. The number of carbonyl (C=O) groups excluding carboxylic acids is 3. The van der Waals surface area contributed by atoms with Crippen LogP contribution in [-0.4, -0.2) is 37.9 Å². The van der Waals surface area contributed by atoms with E-state index < -0.39 is 11.8 Å². The Morgan fingerprint density at radius 2 is 1.89 bits per heavy atom. The Balaban J connectivity index is 1.78. The van der Waals surface area contributed by atoms with Crippen LogP contribution in [0.4, 0.5) is 5.69 Å². The fourth-order valence-corrected chi connectivity index (χ4v) is 3.90. The predicted octanol–water partition coefficient (Wildman–Crippen LogP) is 2.03. The first-order valence-electron chi connectivity index (χ1n) is 9.50. The molecule has 3 rings (SSSR count). The molecule has 1 aromatic rings. The van der Waals surface area contributed by atoms with Gasteiger partial charge in [0.25, 0.3) is 5.91 Å². The number of amides is 3. The Hall–Kier alpha value is -2.47. The first-order chi connectivity index (χ1) is 12.9. The quantitative estimate of drug-likeness (QED) is 0.629. The highest BCUT2D eigenvalue weighted by atomic mass is 16.2. The van der Waals surface area contributed by atoms with E-state index in [-0.39, 0.29) is 23.8 Å². The standard InChI is InChI=1S/C21H27N3O3/c1-13-4-5-16(15-8-10-22-11-9-15)12-18(13)24(3)21(27)14(2)17-6-7-19(25)23-20(17)26/h4-5,12,15,17,22H,2,6-11H2,1,3H3,(H,23,25,26). The van der Waals surface area contributed by atoms with Gasteiger partial charge >= 0.3 is 0 Å². The molecule has 0 saturated carbocycles. The Kier molecular flexibility index (Phi) is 5.75. The molecule has 6 nitrogen and oxygen atoms in total. The molecule has 0 spiro atoms. The molecule has 2 fully saturated rings. The number of likely N-dealkylation sites (N-methyl/N-ethyl adjacent to an activating group) is 1. The van der Waals surface area contributed by atoms with Gasteiger partial charge in [0.05, 0.1) is 5.92 Å². The number of carbonyl (C=O) groups is 3. The van der Waals surface area contributed by atoms with Gasteiger partial charge in [0, 0.05) is 24.7 Å². The van der Waals surface area contributed by atoms with Gasteiger partial charge in [-0.05, 0) is 62.4 Å². The SMILES string of the molecule is C=C(C(=O)N(C)c1cc(C2CCNCC2)ccc1C)C1CCC(=O)NC1=O. The highest BCUT2D eigenvalue weighted by Gasteiger charge is 2.33. The first kappa shape index (κ1) is 19.3. The van der Waals surface area contributed by atoms with Crippen molar-refractivity contribution in [2.45, 2.75) is 38.5 Å². The lowest BCUT2D eigenvalue weighted by Gasteiger charge is -2.28. The predicted molar refractivity (Wildman–Crippen MR) is 104 cm³/mol. The Morgan fingerprint density at radius 3 is 2.56 bits per heavy atom. The lowest BCUT2D eigenvalue weighted by atomic mass is 9.88. The zero-order valence-corrected chi connectivity index (χ0v) is 16.0. The summed E-state index contributed by atoms with van der Waals surface area (Å²) in [6.45, 7) is 7.86. The molecular weight excluding hydrogens is 342 g/mol. The first-order valence-corrected chi connectivity index (χ1v) is 9.50. The maximum atomic E-state index is 13.0. The summed E-state index contributed by atoms with van der Waals surface area (Å²) >= 11 is 0. The van der Waals surface area contributed by atoms with Crippen molar-refractivity contribution in [3.05, 3.63) is 41.5 Å². The van der Waals surface area contributed by atoms with Gasteiger partial charge in [-0.25, -0.2) is 0 Å². The van der Waals surface area contributed by atoms with E-state index in [1.54, 1.807) is 11.9 Å². The van der Waals surface area contributed by atoms with Gasteiger partial charge in [-0.15, -0.1) is 0 Å². The van der Waals surface area contributed by atoms with E-state index in [0.29, 0.717) is 12.3 Å². The normalized spacial score (nSPS) is 20.9. The maximum Gasteiger partial charge on any atom is 0.254 e. The summed E-state index contributed by atoms with van der Waals surface area (Å²) in [4.78, 5) is 37.9. The molecule has 0 radical (unpaired) electrons. The van der Waals surface area contributed by atoms with Crippen molar-refractivity contribution in [3.8, 4) is 0 Å². The summed E-state index contributed by atoms with van der Waals surface area (Å²) in [5.74, 6) is -1.17. The molecule has 0 aromatic heterocycles. The molecule has 2 saturated heterocycles. The molecule has 144 valence electrons. The van der Waals surface area contributed by atoms with Crippen molar-refractivity contribution < 1.29 is 14.4 Å². The molecule has 2 heterocycles. The summed E-state index contributed by atoms with van der Waals surface area (Å²) in [7, 11) is 1.72. The van der Waals surface area contributed by atoms with E-state index in [1.165, 1.54) is 5.56 Å². The largest absolute Gasteiger partial charge is 0.317 e. The van der Waals surface area contributed by atoms with E-state index in [4.69, 9.17) is 0 Å². The molecule has 3 amide bonds. The monoisotopic (exact) mass is 369 g/mol. The fraction of sp³-hybridized carbons (Fsp3) is 0.476. The van der Waals surface area contributed by atoms with Gasteiger partial charge in [0.2, 0.25) is 11.8 Å². The van der Waals surface area contributed by atoms with Crippen molar-refractivity contribution in [1.82, 2.24) is 10.6 Å². The van der Waals surface area contributed by atoms with E-state index in [9.17, 15) is 14.4 Å². The number of imide groups is 1. The van der Waals surface area contributed by atoms with Crippen LogP contribution < -0.4 is 15.5 Å². The second kappa shape index (κ2) is 8.05. The van der Waals surface area contributed by atoms with Gasteiger partial charge < -0.3 is 10.2 Å². The van der Waals surface area contributed by atoms with Gasteiger partial charge in [0.15, 0.2) is 0 Å². The number of rotatable bonds is 4.